The van der Waals surface area contributed by atoms with Gasteiger partial charge in [-0.1, -0.05) is 13.8 Å². The second-order valence-corrected chi connectivity index (χ2v) is 5.79. The van der Waals surface area contributed by atoms with Gasteiger partial charge >= 0.3 is 18.1 Å². The van der Waals surface area contributed by atoms with Gasteiger partial charge in [0.1, 0.15) is 18.2 Å². The Balaban J connectivity index is 2.59. The molecule has 0 saturated carbocycles. The number of esters is 1. The van der Waals surface area contributed by atoms with Gasteiger partial charge in [0.25, 0.3) is 0 Å². The topological polar surface area (TPSA) is 86.2 Å². The van der Waals surface area contributed by atoms with Gasteiger partial charge in [-0.3, -0.25) is 0 Å². The average Bonchev–Trinajstić information content (AvgIpc) is 2.75. The number of nitrogens with zero attached hydrogens (tertiary/aromatic N) is 1. The lowest BCUT2D eigenvalue weighted by molar-refractivity contribution is -0.140. The van der Waals surface area contributed by atoms with E-state index in [4.69, 9.17) is 14.2 Å². The molecule has 0 radical (unpaired) electrons. The molecule has 0 bridgehead atoms. The highest BCUT2D eigenvalue weighted by Gasteiger charge is 2.30. The van der Waals surface area contributed by atoms with Crippen molar-refractivity contribution in [1.29, 1.82) is 0 Å². The summed E-state index contributed by atoms with van der Waals surface area (Å²) < 4.78 is 15.1. The molecule has 1 aliphatic heterocycles. The van der Waals surface area contributed by atoms with Crippen LogP contribution in [-0.4, -0.2) is 42.9 Å². The van der Waals surface area contributed by atoms with E-state index in [0.29, 0.717) is 13.2 Å². The van der Waals surface area contributed by atoms with E-state index in [0.717, 1.165) is 0 Å². The SMILES string of the molecule is CC(C)[C@H](NC(=O)OC(C)(C)C)C(=O)OC1=NCCO1. The maximum Gasteiger partial charge on any atom is 0.408 e. The first kappa shape index (κ1) is 16.3. The van der Waals surface area contributed by atoms with Crippen molar-refractivity contribution in [2.45, 2.75) is 46.3 Å². The number of nitrogens with one attached hydrogen (secondary N) is 1. The van der Waals surface area contributed by atoms with E-state index in [1.54, 1.807) is 34.6 Å². The second-order valence-electron chi connectivity index (χ2n) is 5.79. The van der Waals surface area contributed by atoms with E-state index in [9.17, 15) is 9.59 Å². The third-order valence-electron chi connectivity index (χ3n) is 2.34. The Morgan fingerprint density at radius 2 is 2.00 bits per heavy atom. The number of carbonyl (C=O) groups excluding carboxylic acids is 2. The standard InChI is InChI=1S/C13H22N2O5/c1-8(2)9(15-11(17)20-13(3,4)5)10(16)19-12-14-6-7-18-12/h8-9H,6-7H2,1-5H3,(H,15,17)/t9-/m0/s1. The molecule has 7 heteroatoms. The summed E-state index contributed by atoms with van der Waals surface area (Å²) in [7, 11) is 0. The number of rotatable bonds is 3. The van der Waals surface area contributed by atoms with E-state index >= 15 is 0 Å². The molecule has 20 heavy (non-hydrogen) atoms. The highest BCUT2D eigenvalue weighted by Crippen LogP contribution is 2.10. The molecule has 0 unspecified atom stereocenters. The monoisotopic (exact) mass is 286 g/mol. The van der Waals surface area contributed by atoms with Crippen LogP contribution in [0.1, 0.15) is 34.6 Å². The zero-order valence-corrected chi connectivity index (χ0v) is 12.6. The van der Waals surface area contributed by atoms with Crippen LogP contribution in [0.15, 0.2) is 4.99 Å². The summed E-state index contributed by atoms with van der Waals surface area (Å²) in [6, 6.07) is -0.822. The number of hydrogen-bond donors (Lipinski definition) is 1. The number of amides is 1. The zero-order valence-electron chi connectivity index (χ0n) is 12.6. The van der Waals surface area contributed by atoms with Crippen molar-refractivity contribution in [3.8, 4) is 0 Å². The van der Waals surface area contributed by atoms with E-state index in [-0.39, 0.29) is 12.0 Å². The van der Waals surface area contributed by atoms with E-state index in [1.807, 2.05) is 0 Å². The van der Waals surface area contributed by atoms with Crippen molar-refractivity contribution in [3.63, 3.8) is 0 Å². The summed E-state index contributed by atoms with van der Waals surface area (Å²) in [5.74, 6) is -0.775. The van der Waals surface area contributed by atoms with Crippen LogP contribution >= 0.6 is 0 Å². The predicted octanol–water partition coefficient (Wildman–Crippen LogP) is 1.47. The molecule has 0 aromatic rings. The minimum atomic E-state index is -0.822. The molecule has 0 saturated heterocycles. The number of aliphatic imine (C=N–C) groups is 1. The van der Waals surface area contributed by atoms with Gasteiger partial charge in [-0.15, -0.1) is 0 Å². The van der Waals surface area contributed by atoms with Crippen LogP contribution in [0.3, 0.4) is 0 Å². The molecule has 0 aliphatic carbocycles. The van der Waals surface area contributed by atoms with Crippen LogP contribution in [0.4, 0.5) is 4.79 Å². The van der Waals surface area contributed by atoms with Crippen LogP contribution < -0.4 is 5.32 Å². The molecule has 7 nitrogen and oxygen atoms in total. The number of hydrogen-bond acceptors (Lipinski definition) is 6. The Labute approximate surface area is 118 Å². The van der Waals surface area contributed by atoms with Gasteiger partial charge in [0, 0.05) is 0 Å². The number of ether oxygens (including phenoxy) is 3. The summed E-state index contributed by atoms with van der Waals surface area (Å²) in [5, 5.41) is 2.50. The molecule has 1 heterocycles. The molecular weight excluding hydrogens is 264 g/mol. The second kappa shape index (κ2) is 6.58. The number of alkyl carbamates (subject to hydrolysis) is 1. The lowest BCUT2D eigenvalue weighted by atomic mass is 10.1. The fourth-order valence-corrected chi connectivity index (χ4v) is 1.46. The molecular formula is C13H22N2O5. The van der Waals surface area contributed by atoms with Gasteiger partial charge in [-0.2, -0.15) is 0 Å². The minimum absolute atomic E-state index is 0.0494. The fourth-order valence-electron chi connectivity index (χ4n) is 1.46. The van der Waals surface area contributed by atoms with E-state index in [1.165, 1.54) is 0 Å². The van der Waals surface area contributed by atoms with Crippen LogP contribution in [-0.2, 0) is 19.0 Å². The molecule has 0 aromatic carbocycles. The molecule has 1 aliphatic rings. The van der Waals surface area contributed by atoms with Gasteiger partial charge in [0.2, 0.25) is 0 Å². The van der Waals surface area contributed by atoms with Crippen molar-refractivity contribution < 1.29 is 23.8 Å². The van der Waals surface area contributed by atoms with Crippen molar-refractivity contribution >= 4 is 18.1 Å². The van der Waals surface area contributed by atoms with Gasteiger partial charge in [-0.25, -0.2) is 14.6 Å². The normalized spacial score (nSPS) is 16.2. The first-order valence-corrected chi connectivity index (χ1v) is 6.57. The molecule has 1 N–H and O–H groups in total. The first-order valence-electron chi connectivity index (χ1n) is 6.57. The average molecular weight is 286 g/mol. The molecule has 0 spiro atoms. The summed E-state index contributed by atoms with van der Waals surface area (Å²) >= 11 is 0. The largest absolute Gasteiger partial charge is 0.448 e. The number of carbonyl (C=O) groups is 2. The summed E-state index contributed by atoms with van der Waals surface area (Å²) in [6.45, 7) is 9.69. The van der Waals surface area contributed by atoms with Gasteiger partial charge in [0.05, 0.1) is 6.54 Å². The van der Waals surface area contributed by atoms with Gasteiger partial charge < -0.3 is 19.5 Å². The van der Waals surface area contributed by atoms with Crippen LogP contribution in [0, 0.1) is 5.92 Å². The summed E-state index contributed by atoms with van der Waals surface area (Å²) in [5.41, 5.74) is -0.631. The summed E-state index contributed by atoms with van der Waals surface area (Å²) in [6.07, 6.45) is -0.714. The van der Waals surface area contributed by atoms with E-state index in [2.05, 4.69) is 10.3 Å². The molecule has 1 rings (SSSR count). The highest BCUT2D eigenvalue weighted by atomic mass is 16.7. The Morgan fingerprint density at radius 1 is 1.35 bits per heavy atom. The zero-order chi connectivity index (χ0) is 15.3. The van der Waals surface area contributed by atoms with Crippen molar-refractivity contribution in [3.05, 3.63) is 0 Å². The maximum atomic E-state index is 12.0. The van der Waals surface area contributed by atoms with Crippen LogP contribution in [0.5, 0.6) is 0 Å². The molecule has 114 valence electrons. The molecule has 0 aromatic heterocycles. The predicted molar refractivity (Wildman–Crippen MR) is 72.3 cm³/mol. The Hall–Kier alpha value is -1.79. The molecule has 1 atom stereocenters. The fraction of sp³-hybridized carbons (Fsp3) is 0.769. The highest BCUT2D eigenvalue weighted by molar-refractivity contribution is 5.90. The smallest absolute Gasteiger partial charge is 0.408 e. The third kappa shape index (κ3) is 5.46. The lowest BCUT2D eigenvalue weighted by Gasteiger charge is -2.24. The van der Waals surface area contributed by atoms with Crippen molar-refractivity contribution in [2.75, 3.05) is 13.2 Å². The Kier molecular flexibility index (Phi) is 5.35. The minimum Gasteiger partial charge on any atom is -0.448 e. The van der Waals surface area contributed by atoms with Crippen LogP contribution in [0.2, 0.25) is 0 Å². The Morgan fingerprint density at radius 3 is 2.45 bits per heavy atom. The van der Waals surface area contributed by atoms with Crippen LogP contribution in [0.25, 0.3) is 0 Å². The quantitative estimate of drug-likeness (QED) is 0.794. The first-order chi connectivity index (χ1) is 9.19. The van der Waals surface area contributed by atoms with Crippen molar-refractivity contribution in [2.24, 2.45) is 10.9 Å². The van der Waals surface area contributed by atoms with Gasteiger partial charge in [-0.05, 0) is 26.7 Å². The molecule has 1 amide bonds. The van der Waals surface area contributed by atoms with E-state index < -0.39 is 23.7 Å². The Bertz CT molecular complexity index is 398. The van der Waals surface area contributed by atoms with Gasteiger partial charge in [0.15, 0.2) is 0 Å². The maximum absolute atomic E-state index is 12.0. The molecule has 0 fully saturated rings. The lowest BCUT2D eigenvalue weighted by Crippen LogP contribution is -2.47. The third-order valence-corrected chi connectivity index (χ3v) is 2.34. The van der Waals surface area contributed by atoms with Crippen molar-refractivity contribution in [1.82, 2.24) is 5.32 Å². The summed E-state index contributed by atoms with van der Waals surface area (Å²) in [4.78, 5) is 27.6.